The number of halogens is 1. The lowest BCUT2D eigenvalue weighted by Gasteiger charge is -2.26. The highest BCUT2D eigenvalue weighted by Crippen LogP contribution is 2.37. The van der Waals surface area contributed by atoms with Crippen LogP contribution in [-0.4, -0.2) is 27.4 Å². The van der Waals surface area contributed by atoms with Gasteiger partial charge in [-0.15, -0.1) is 0 Å². The molecule has 0 saturated heterocycles. The lowest BCUT2D eigenvalue weighted by Crippen LogP contribution is -2.23. The largest absolute Gasteiger partial charge is 0.469 e. The third-order valence-electron chi connectivity index (χ3n) is 4.19. The molecule has 0 aromatic carbocycles. The first-order valence-electron chi connectivity index (χ1n) is 6.97. The van der Waals surface area contributed by atoms with Crippen molar-refractivity contribution >= 4 is 33.2 Å². The molecule has 21 heavy (non-hydrogen) atoms. The summed E-state index contributed by atoms with van der Waals surface area (Å²) in [6.07, 6.45) is 7.08. The van der Waals surface area contributed by atoms with E-state index in [1.54, 1.807) is 6.20 Å². The van der Waals surface area contributed by atoms with Crippen molar-refractivity contribution in [1.29, 1.82) is 0 Å². The number of nitrogens with zero attached hydrogens (tertiary/aromatic N) is 3. The van der Waals surface area contributed by atoms with Crippen LogP contribution >= 0.6 is 15.9 Å². The Morgan fingerprint density at radius 2 is 2.14 bits per heavy atom. The summed E-state index contributed by atoms with van der Waals surface area (Å²) in [6.45, 7) is 0. The number of methoxy groups -OCH3 is 1. The third kappa shape index (κ3) is 2.50. The number of fused-ring (bicyclic) bond motifs is 1. The minimum atomic E-state index is -0.101. The van der Waals surface area contributed by atoms with Gasteiger partial charge in [0.25, 0.3) is 0 Å². The van der Waals surface area contributed by atoms with Gasteiger partial charge in [0.1, 0.15) is 15.9 Å². The molecule has 2 heterocycles. The van der Waals surface area contributed by atoms with Gasteiger partial charge in [0.05, 0.1) is 13.0 Å². The molecule has 0 aliphatic heterocycles. The number of nitrogen functional groups attached to an aromatic ring is 1. The normalized spacial score (nSPS) is 22.4. The smallest absolute Gasteiger partial charge is 0.308 e. The first kappa shape index (κ1) is 14.3. The van der Waals surface area contributed by atoms with E-state index in [2.05, 4.69) is 25.9 Å². The zero-order chi connectivity index (χ0) is 15.0. The summed E-state index contributed by atoms with van der Waals surface area (Å²) < 4.78 is 7.54. The zero-order valence-corrected chi connectivity index (χ0v) is 13.3. The molecule has 2 aromatic heterocycles. The van der Waals surface area contributed by atoms with E-state index in [4.69, 9.17) is 10.5 Å². The second-order valence-electron chi connectivity index (χ2n) is 5.36. The van der Waals surface area contributed by atoms with Crippen molar-refractivity contribution in [1.82, 2.24) is 14.4 Å². The summed E-state index contributed by atoms with van der Waals surface area (Å²) in [5.74, 6) is 1.69. The van der Waals surface area contributed by atoms with Crippen molar-refractivity contribution in [2.45, 2.75) is 31.6 Å². The molecule has 2 N–H and O–H groups in total. The van der Waals surface area contributed by atoms with Crippen molar-refractivity contribution in [3.8, 4) is 0 Å². The van der Waals surface area contributed by atoms with E-state index in [0.29, 0.717) is 11.7 Å². The summed E-state index contributed by atoms with van der Waals surface area (Å²) in [5.41, 5.74) is 6.72. The third-order valence-corrected chi connectivity index (χ3v) is 4.75. The van der Waals surface area contributed by atoms with Gasteiger partial charge in [0.2, 0.25) is 0 Å². The van der Waals surface area contributed by atoms with Gasteiger partial charge >= 0.3 is 5.97 Å². The van der Waals surface area contributed by atoms with Crippen molar-refractivity contribution in [2.75, 3.05) is 12.8 Å². The summed E-state index contributed by atoms with van der Waals surface area (Å²) in [7, 11) is 1.45. The number of nitrogens with two attached hydrogens (primary N) is 1. The van der Waals surface area contributed by atoms with Crippen LogP contribution in [0, 0.1) is 5.92 Å². The number of carbonyl (C=O) groups excluding carboxylic acids is 1. The minimum absolute atomic E-state index is 0.0210. The van der Waals surface area contributed by atoms with Crippen molar-refractivity contribution in [3.63, 3.8) is 0 Å². The topological polar surface area (TPSA) is 82.5 Å². The Bertz CT molecular complexity index is 677. The quantitative estimate of drug-likeness (QED) is 0.839. The number of esters is 1. The van der Waals surface area contributed by atoms with Crippen LogP contribution in [0.5, 0.6) is 0 Å². The molecular formula is C14H17BrN4O2. The van der Waals surface area contributed by atoms with Crippen molar-refractivity contribution in [3.05, 3.63) is 22.8 Å². The Balaban J connectivity index is 1.86. The van der Waals surface area contributed by atoms with Gasteiger partial charge < -0.3 is 10.5 Å². The number of carbonyl (C=O) groups is 1. The highest BCUT2D eigenvalue weighted by atomic mass is 79.9. The number of aromatic nitrogens is 3. The standard InChI is InChI=1S/C14H17BrN4O2/c1-21-14(20)9-4-2-8(3-5-9)13-18-11(15)10-12(16)17-6-7-19(10)13/h6-9H,2-5H2,1H3,(H2,16,17). The van der Waals surface area contributed by atoms with Crippen LogP contribution in [0.25, 0.3) is 5.52 Å². The first-order chi connectivity index (χ1) is 10.1. The van der Waals surface area contributed by atoms with Crippen molar-refractivity contribution < 1.29 is 9.53 Å². The average molecular weight is 353 g/mol. The van der Waals surface area contributed by atoms with Crippen LogP contribution in [0.2, 0.25) is 0 Å². The molecule has 2 aromatic rings. The van der Waals surface area contributed by atoms with E-state index in [9.17, 15) is 4.79 Å². The number of ether oxygens (including phenoxy) is 1. The van der Waals surface area contributed by atoms with Crippen LogP contribution in [0.3, 0.4) is 0 Å². The Kier molecular flexibility index (Phi) is 3.84. The molecule has 0 atom stereocenters. The van der Waals surface area contributed by atoms with E-state index in [1.807, 2.05) is 10.6 Å². The molecule has 1 aliphatic rings. The van der Waals surface area contributed by atoms with Crippen LogP contribution in [0.4, 0.5) is 5.82 Å². The first-order valence-corrected chi connectivity index (χ1v) is 7.77. The van der Waals surface area contributed by atoms with E-state index >= 15 is 0 Å². The second kappa shape index (κ2) is 5.63. The minimum Gasteiger partial charge on any atom is -0.469 e. The molecule has 1 fully saturated rings. The molecule has 1 aliphatic carbocycles. The van der Waals surface area contributed by atoms with Crippen molar-refractivity contribution in [2.24, 2.45) is 5.92 Å². The molecule has 3 rings (SSSR count). The van der Waals surface area contributed by atoms with Crippen LogP contribution < -0.4 is 5.73 Å². The van der Waals surface area contributed by atoms with Gasteiger partial charge in [0.15, 0.2) is 5.82 Å². The molecule has 7 heteroatoms. The van der Waals surface area contributed by atoms with E-state index in [0.717, 1.165) is 41.6 Å². The molecular weight excluding hydrogens is 336 g/mol. The molecule has 0 unspecified atom stereocenters. The maximum absolute atomic E-state index is 11.6. The number of hydrogen-bond acceptors (Lipinski definition) is 5. The van der Waals surface area contributed by atoms with E-state index in [1.165, 1.54) is 7.11 Å². The average Bonchev–Trinajstić information content (AvgIpc) is 2.85. The number of rotatable bonds is 2. The van der Waals surface area contributed by atoms with Gasteiger partial charge in [-0.25, -0.2) is 9.97 Å². The fraction of sp³-hybridized carbons (Fsp3) is 0.500. The fourth-order valence-corrected chi connectivity index (χ4v) is 3.66. The fourth-order valence-electron chi connectivity index (χ4n) is 3.08. The Hall–Kier alpha value is -1.63. The van der Waals surface area contributed by atoms with Crippen LogP contribution in [0.15, 0.2) is 17.0 Å². The second-order valence-corrected chi connectivity index (χ2v) is 6.11. The molecule has 0 amide bonds. The van der Waals surface area contributed by atoms with Gasteiger partial charge in [0, 0.05) is 18.3 Å². The molecule has 0 spiro atoms. The van der Waals surface area contributed by atoms with Gasteiger partial charge in [-0.3, -0.25) is 9.20 Å². The van der Waals surface area contributed by atoms with Crippen LogP contribution in [0.1, 0.15) is 37.4 Å². The SMILES string of the molecule is COC(=O)C1CCC(c2nc(Br)c3c(N)nccn23)CC1. The number of imidazole rings is 1. The monoisotopic (exact) mass is 352 g/mol. The molecule has 0 bridgehead atoms. The Morgan fingerprint density at radius 3 is 2.81 bits per heavy atom. The lowest BCUT2D eigenvalue weighted by atomic mass is 9.81. The summed E-state index contributed by atoms with van der Waals surface area (Å²) in [5, 5.41) is 0. The van der Waals surface area contributed by atoms with Gasteiger partial charge in [-0.05, 0) is 41.6 Å². The Morgan fingerprint density at radius 1 is 1.43 bits per heavy atom. The van der Waals surface area contributed by atoms with Crippen LogP contribution in [-0.2, 0) is 9.53 Å². The summed E-state index contributed by atoms with van der Waals surface area (Å²) >= 11 is 3.46. The number of hydrogen-bond donors (Lipinski definition) is 1. The van der Waals surface area contributed by atoms with E-state index in [-0.39, 0.29) is 11.9 Å². The highest BCUT2D eigenvalue weighted by molar-refractivity contribution is 9.10. The lowest BCUT2D eigenvalue weighted by molar-refractivity contribution is -0.146. The predicted octanol–water partition coefficient (Wildman–Crippen LogP) is 2.52. The van der Waals surface area contributed by atoms with E-state index < -0.39 is 0 Å². The zero-order valence-electron chi connectivity index (χ0n) is 11.8. The Labute approximate surface area is 130 Å². The number of anilines is 1. The van der Waals surface area contributed by atoms with Gasteiger partial charge in [-0.1, -0.05) is 0 Å². The summed E-state index contributed by atoms with van der Waals surface area (Å²) in [6, 6.07) is 0. The maximum atomic E-state index is 11.6. The summed E-state index contributed by atoms with van der Waals surface area (Å²) in [4.78, 5) is 20.3. The predicted molar refractivity (Wildman–Crippen MR) is 81.8 cm³/mol. The molecule has 6 nitrogen and oxygen atoms in total. The maximum Gasteiger partial charge on any atom is 0.308 e. The molecule has 112 valence electrons. The van der Waals surface area contributed by atoms with Gasteiger partial charge in [-0.2, -0.15) is 0 Å². The molecule has 0 radical (unpaired) electrons. The highest BCUT2D eigenvalue weighted by Gasteiger charge is 2.30. The molecule has 1 saturated carbocycles.